The van der Waals surface area contributed by atoms with Crippen LogP contribution in [0.5, 0.6) is 0 Å². The van der Waals surface area contributed by atoms with E-state index in [4.69, 9.17) is 5.11 Å². The molecule has 0 aliphatic heterocycles. The minimum absolute atomic E-state index is 0.319. The van der Waals surface area contributed by atoms with Crippen molar-refractivity contribution in [3.05, 3.63) is 0 Å². The molecule has 0 aromatic rings. The average molecular weight is 144 g/mol. The summed E-state index contributed by atoms with van der Waals surface area (Å²) < 4.78 is 0. The number of hydrogen-bond donors (Lipinski definition) is 1. The molecule has 0 unspecified atom stereocenters. The molecule has 0 atom stereocenters. The number of rotatable bonds is 1. The molecule has 0 bridgehead atoms. The van der Waals surface area contributed by atoms with Crippen LogP contribution in [0.25, 0.3) is 0 Å². The molecule has 0 heterocycles. The van der Waals surface area contributed by atoms with E-state index < -0.39 is 0 Å². The summed E-state index contributed by atoms with van der Waals surface area (Å²) in [5.74, 6) is 0.454. The van der Waals surface area contributed by atoms with Crippen molar-refractivity contribution in [1.82, 2.24) is 0 Å². The van der Waals surface area contributed by atoms with Gasteiger partial charge in [0.1, 0.15) is 5.78 Å². The molecule has 0 saturated heterocycles. The summed E-state index contributed by atoms with van der Waals surface area (Å²) in [7, 11) is 0. The van der Waals surface area contributed by atoms with Gasteiger partial charge >= 0.3 is 0 Å². The number of hydrogen-bond acceptors (Lipinski definition) is 2. The van der Waals surface area contributed by atoms with Crippen molar-refractivity contribution in [2.45, 2.75) is 39.0 Å². The summed E-state index contributed by atoms with van der Waals surface area (Å²) in [6, 6.07) is 0. The first-order valence-electron chi connectivity index (χ1n) is 3.93. The highest BCUT2D eigenvalue weighted by atomic mass is 16.2. The molecule has 0 aromatic carbocycles. The van der Waals surface area contributed by atoms with Gasteiger partial charge in [-0.15, -0.1) is 0 Å². The highest BCUT2D eigenvalue weighted by molar-refractivity contribution is 5.79. The van der Waals surface area contributed by atoms with Crippen LogP contribution in [0.1, 0.15) is 39.0 Å². The Morgan fingerprint density at radius 1 is 1.40 bits per heavy atom. The van der Waals surface area contributed by atoms with Crippen LogP contribution in [0.4, 0.5) is 0 Å². The molecule has 10 heavy (non-hydrogen) atoms. The molecule has 1 aliphatic rings. The average Bonchev–Trinajstić information content (AvgIpc) is 2.40. The smallest absolute Gasteiger partial charge is 0.132 e. The summed E-state index contributed by atoms with van der Waals surface area (Å²) in [6.07, 6.45) is 4.84. The molecule has 0 spiro atoms. The van der Waals surface area contributed by atoms with E-state index in [0.29, 0.717) is 12.4 Å². The lowest BCUT2D eigenvalue weighted by atomic mass is 10.4. The molecular weight excluding hydrogens is 128 g/mol. The van der Waals surface area contributed by atoms with Crippen molar-refractivity contribution in [2.24, 2.45) is 0 Å². The molecule has 1 fully saturated rings. The Balaban J connectivity index is 0.000000180. The van der Waals surface area contributed by atoms with Crippen LogP contribution < -0.4 is 0 Å². The number of ketones is 1. The van der Waals surface area contributed by atoms with Crippen LogP contribution in [0.3, 0.4) is 0 Å². The Bertz CT molecular complexity index is 79.3. The van der Waals surface area contributed by atoms with E-state index in [1.165, 1.54) is 0 Å². The van der Waals surface area contributed by atoms with Gasteiger partial charge < -0.3 is 5.11 Å². The van der Waals surface area contributed by atoms with Crippen molar-refractivity contribution >= 4 is 5.78 Å². The topological polar surface area (TPSA) is 37.3 Å². The summed E-state index contributed by atoms with van der Waals surface area (Å²) in [6.45, 7) is 2.25. The molecule has 1 N–H and O–H groups in total. The van der Waals surface area contributed by atoms with Gasteiger partial charge in [-0.05, 0) is 19.3 Å². The number of carbonyl (C=O) groups is 1. The zero-order valence-electron chi connectivity index (χ0n) is 6.60. The van der Waals surface area contributed by atoms with E-state index in [9.17, 15) is 4.79 Å². The molecule has 0 amide bonds. The Labute approximate surface area is 62.2 Å². The molecular formula is C8H16O2. The van der Waals surface area contributed by atoms with Gasteiger partial charge in [0, 0.05) is 19.4 Å². The van der Waals surface area contributed by atoms with Gasteiger partial charge in [-0.2, -0.15) is 0 Å². The van der Waals surface area contributed by atoms with E-state index in [-0.39, 0.29) is 0 Å². The Kier molecular flexibility index (Phi) is 6.50. The highest BCUT2D eigenvalue weighted by Crippen LogP contribution is 2.11. The maximum Gasteiger partial charge on any atom is 0.132 e. The lowest BCUT2D eigenvalue weighted by Crippen LogP contribution is -1.81. The van der Waals surface area contributed by atoms with E-state index in [1.807, 2.05) is 6.92 Å². The van der Waals surface area contributed by atoms with Crippen molar-refractivity contribution in [3.63, 3.8) is 0 Å². The van der Waals surface area contributed by atoms with E-state index in [1.54, 1.807) is 0 Å². The first-order valence-corrected chi connectivity index (χ1v) is 3.93. The third kappa shape index (κ3) is 5.76. The Morgan fingerprint density at radius 3 is 1.90 bits per heavy atom. The molecule has 2 nitrogen and oxygen atoms in total. The number of aliphatic hydroxyl groups is 1. The van der Waals surface area contributed by atoms with Crippen LogP contribution in [0.2, 0.25) is 0 Å². The third-order valence-electron chi connectivity index (χ3n) is 1.38. The van der Waals surface area contributed by atoms with Gasteiger partial charge in [-0.25, -0.2) is 0 Å². The summed E-state index contributed by atoms with van der Waals surface area (Å²) >= 11 is 0. The van der Waals surface area contributed by atoms with Gasteiger partial charge in [0.15, 0.2) is 0 Å². The van der Waals surface area contributed by atoms with Crippen LogP contribution in [-0.4, -0.2) is 17.5 Å². The maximum atomic E-state index is 10.2. The van der Waals surface area contributed by atoms with E-state index in [2.05, 4.69) is 0 Å². The lowest BCUT2D eigenvalue weighted by molar-refractivity contribution is -0.117. The molecule has 2 heteroatoms. The molecule has 0 radical (unpaired) electrons. The van der Waals surface area contributed by atoms with Crippen molar-refractivity contribution in [1.29, 1.82) is 0 Å². The maximum absolute atomic E-state index is 10.2. The summed E-state index contributed by atoms with van der Waals surface area (Å²) in [4.78, 5) is 10.2. The Hall–Kier alpha value is -0.370. The van der Waals surface area contributed by atoms with Crippen LogP contribution in [0, 0.1) is 0 Å². The predicted molar refractivity (Wildman–Crippen MR) is 40.9 cm³/mol. The molecule has 1 rings (SSSR count). The molecule has 1 saturated carbocycles. The van der Waals surface area contributed by atoms with E-state index in [0.717, 1.165) is 32.1 Å². The first-order chi connectivity index (χ1) is 4.81. The predicted octanol–water partition coefficient (Wildman–Crippen LogP) is 1.52. The number of carbonyl (C=O) groups excluding carboxylic acids is 1. The van der Waals surface area contributed by atoms with Gasteiger partial charge in [0.25, 0.3) is 0 Å². The molecule has 60 valence electrons. The molecule has 0 aromatic heterocycles. The van der Waals surface area contributed by atoms with Gasteiger partial charge in [0.05, 0.1) is 0 Å². The van der Waals surface area contributed by atoms with Crippen LogP contribution >= 0.6 is 0 Å². The number of aliphatic hydroxyl groups excluding tert-OH is 1. The monoisotopic (exact) mass is 144 g/mol. The minimum atomic E-state index is 0.319. The largest absolute Gasteiger partial charge is 0.396 e. The van der Waals surface area contributed by atoms with Crippen molar-refractivity contribution in [3.8, 4) is 0 Å². The van der Waals surface area contributed by atoms with E-state index >= 15 is 0 Å². The van der Waals surface area contributed by atoms with Crippen molar-refractivity contribution < 1.29 is 9.90 Å². The number of Topliss-reactive ketones (excluding diaryl/α,β-unsaturated/α-hetero) is 1. The quantitative estimate of drug-likeness (QED) is 0.605. The lowest BCUT2D eigenvalue weighted by Gasteiger charge is -1.71. The Morgan fingerprint density at radius 2 is 1.80 bits per heavy atom. The zero-order chi connectivity index (χ0) is 7.82. The second-order valence-corrected chi connectivity index (χ2v) is 2.47. The fourth-order valence-corrected chi connectivity index (χ4v) is 0.769. The second-order valence-electron chi connectivity index (χ2n) is 2.47. The fourth-order valence-electron chi connectivity index (χ4n) is 0.769. The van der Waals surface area contributed by atoms with Gasteiger partial charge in [0.2, 0.25) is 0 Å². The van der Waals surface area contributed by atoms with Crippen molar-refractivity contribution in [2.75, 3.05) is 6.61 Å². The normalized spacial score (nSPS) is 16.4. The fraction of sp³-hybridized carbons (Fsp3) is 0.875. The third-order valence-corrected chi connectivity index (χ3v) is 1.38. The highest BCUT2D eigenvalue weighted by Gasteiger charge is 2.07. The molecule has 1 aliphatic carbocycles. The standard InChI is InChI=1S/C5H8O.C3H8O/c6-5-3-1-2-4-5;1-2-3-4/h1-4H2;4H,2-3H2,1H3. The van der Waals surface area contributed by atoms with Crippen LogP contribution in [-0.2, 0) is 4.79 Å². The first kappa shape index (κ1) is 9.63. The van der Waals surface area contributed by atoms with Crippen LogP contribution in [0.15, 0.2) is 0 Å². The zero-order valence-corrected chi connectivity index (χ0v) is 6.60. The summed E-state index contributed by atoms with van der Waals surface area (Å²) in [5.41, 5.74) is 0. The minimum Gasteiger partial charge on any atom is -0.396 e. The summed E-state index contributed by atoms with van der Waals surface area (Å²) in [5, 5.41) is 7.88. The van der Waals surface area contributed by atoms with Gasteiger partial charge in [-0.1, -0.05) is 6.92 Å². The second kappa shape index (κ2) is 6.75. The SMILES string of the molecule is CCCO.O=C1CCCC1. The van der Waals surface area contributed by atoms with Gasteiger partial charge in [-0.3, -0.25) is 4.79 Å².